The molecule has 6 atom stereocenters. The van der Waals surface area contributed by atoms with Gasteiger partial charge in [-0.3, -0.25) is 0 Å². The third kappa shape index (κ3) is 2.35. The molecular weight excluding hydrogens is 244 g/mol. The topological polar surface area (TPSA) is 0 Å². The molecule has 0 radical (unpaired) electrons. The van der Waals surface area contributed by atoms with Crippen LogP contribution in [0.3, 0.4) is 0 Å². The van der Waals surface area contributed by atoms with E-state index in [2.05, 4.69) is 24.8 Å². The predicted molar refractivity (Wildman–Crippen MR) is 77.7 cm³/mol. The lowest BCUT2D eigenvalue weighted by Crippen LogP contribution is -2.11. The average molecular weight is 266 g/mol. The summed E-state index contributed by atoms with van der Waals surface area (Å²) in [5, 5.41) is 0. The van der Waals surface area contributed by atoms with Gasteiger partial charge in [-0.1, -0.05) is 35.0 Å². The largest absolute Gasteiger partial charge is 0.110 e. The molecule has 0 N–H and O–H groups in total. The van der Waals surface area contributed by atoms with Gasteiger partial charge < -0.3 is 0 Å². The molecule has 0 bridgehead atoms. The summed E-state index contributed by atoms with van der Waals surface area (Å²) in [7, 11) is 7.46. The molecule has 4 heteroatoms. The first-order valence-corrected chi connectivity index (χ1v) is 12.4. The van der Waals surface area contributed by atoms with Gasteiger partial charge in [0.15, 0.2) is 0 Å². The van der Waals surface area contributed by atoms with E-state index in [-0.39, 0.29) is 7.30 Å². The zero-order valence-electron chi connectivity index (χ0n) is 9.00. The van der Waals surface area contributed by atoms with E-state index in [0.717, 1.165) is 24.9 Å². The van der Waals surface area contributed by atoms with Crippen LogP contribution in [0.1, 0.15) is 45.4 Å². The molecule has 82 valence electrons. The molecular formula is C10H22P4. The van der Waals surface area contributed by atoms with Gasteiger partial charge in [0.05, 0.1) is 0 Å². The molecule has 2 aliphatic rings. The molecule has 1 spiro atoms. The number of hydrogen-bond acceptors (Lipinski definition) is 0. The maximum Gasteiger partial charge on any atom is -0.0105 e. The van der Waals surface area contributed by atoms with E-state index in [1.165, 1.54) is 12.8 Å². The molecule has 0 aromatic carbocycles. The van der Waals surface area contributed by atoms with E-state index in [0.29, 0.717) is 0 Å². The van der Waals surface area contributed by atoms with Gasteiger partial charge in [0, 0.05) is 0 Å². The first-order valence-electron chi connectivity index (χ1n) is 5.67. The van der Waals surface area contributed by atoms with E-state index >= 15 is 0 Å². The minimum absolute atomic E-state index is 0.246. The summed E-state index contributed by atoms with van der Waals surface area (Å²) in [4.78, 5) is 0. The predicted octanol–water partition coefficient (Wildman–Crippen LogP) is 5.00. The zero-order valence-corrected chi connectivity index (χ0v) is 13.2. The monoisotopic (exact) mass is 266 g/mol. The summed E-state index contributed by atoms with van der Waals surface area (Å²) in [6.07, 6.45) is 9.21. The van der Waals surface area contributed by atoms with Gasteiger partial charge in [0.25, 0.3) is 0 Å². The van der Waals surface area contributed by atoms with Crippen LogP contribution in [-0.4, -0.2) is 5.66 Å². The van der Waals surface area contributed by atoms with Gasteiger partial charge in [-0.25, -0.2) is 0 Å². The van der Waals surface area contributed by atoms with Crippen molar-refractivity contribution in [1.29, 1.82) is 0 Å². The van der Waals surface area contributed by atoms with Gasteiger partial charge in [0.1, 0.15) is 0 Å². The first-order chi connectivity index (χ1) is 6.67. The Balaban J connectivity index is 2.02. The Kier molecular flexibility index (Phi) is 4.29. The molecule has 0 nitrogen and oxygen atoms in total. The SMILES string of the molecule is CC1CC2(CCCC2)CC1P(P)PP. The van der Waals surface area contributed by atoms with Crippen molar-refractivity contribution in [3.8, 4) is 0 Å². The molecule has 0 saturated heterocycles. The number of rotatable bonds is 2. The van der Waals surface area contributed by atoms with Crippen LogP contribution in [0.25, 0.3) is 0 Å². The summed E-state index contributed by atoms with van der Waals surface area (Å²) >= 11 is 0. The fraction of sp³-hybridized carbons (Fsp3) is 1.00. The molecule has 0 heterocycles. The molecule has 0 aromatic heterocycles. The molecule has 2 saturated carbocycles. The maximum absolute atomic E-state index is 3.15. The Morgan fingerprint density at radius 3 is 2.50 bits per heavy atom. The number of hydrogen-bond donors (Lipinski definition) is 0. The molecule has 0 aromatic rings. The Morgan fingerprint density at radius 2 is 1.93 bits per heavy atom. The van der Waals surface area contributed by atoms with Gasteiger partial charge in [0.2, 0.25) is 0 Å². The summed E-state index contributed by atoms with van der Waals surface area (Å²) in [6, 6.07) is 0. The molecule has 2 rings (SSSR count). The van der Waals surface area contributed by atoms with Gasteiger partial charge >= 0.3 is 0 Å². The molecule has 6 unspecified atom stereocenters. The highest BCUT2D eigenvalue weighted by molar-refractivity contribution is 8.61. The standard InChI is InChI=1S/C10H22P4/c1-8-6-10(4-2-3-5-10)7-9(8)14(12)13-11/h8-9,13H,2-7,11-12H2,1H3. The third-order valence-electron chi connectivity index (χ3n) is 4.22. The van der Waals surface area contributed by atoms with Crippen LogP contribution in [0, 0.1) is 11.3 Å². The van der Waals surface area contributed by atoms with E-state index in [1.807, 2.05) is 0 Å². The second-order valence-corrected chi connectivity index (χ2v) is 14.8. The van der Waals surface area contributed by atoms with Crippen molar-refractivity contribution in [2.24, 2.45) is 11.3 Å². The van der Waals surface area contributed by atoms with E-state index in [1.54, 1.807) is 25.7 Å². The highest BCUT2D eigenvalue weighted by Crippen LogP contribution is 2.75. The summed E-state index contributed by atoms with van der Waals surface area (Å²) in [5.74, 6) is 1.00. The lowest BCUT2D eigenvalue weighted by molar-refractivity contribution is 0.298. The van der Waals surface area contributed by atoms with Crippen molar-refractivity contribution in [3.05, 3.63) is 0 Å². The highest BCUT2D eigenvalue weighted by Gasteiger charge is 2.45. The second-order valence-electron chi connectivity index (χ2n) is 5.20. The Morgan fingerprint density at radius 1 is 1.29 bits per heavy atom. The fourth-order valence-electron chi connectivity index (χ4n) is 3.55. The summed E-state index contributed by atoms with van der Waals surface area (Å²) in [6.45, 7) is 2.50. The summed E-state index contributed by atoms with van der Waals surface area (Å²) < 4.78 is 0. The van der Waals surface area contributed by atoms with Gasteiger partial charge in [-0.2, -0.15) is 0 Å². The fourth-order valence-corrected chi connectivity index (χ4v) is 9.51. The van der Waals surface area contributed by atoms with Crippen LogP contribution in [0.15, 0.2) is 0 Å². The second kappa shape index (κ2) is 4.92. The van der Waals surface area contributed by atoms with Crippen LogP contribution < -0.4 is 0 Å². The smallest absolute Gasteiger partial charge is 0.0105 e. The van der Waals surface area contributed by atoms with Crippen molar-refractivity contribution in [2.75, 3.05) is 0 Å². The third-order valence-corrected chi connectivity index (χ3v) is 15.7. The Bertz CT molecular complexity index is 200. The van der Waals surface area contributed by atoms with Crippen molar-refractivity contribution in [2.45, 2.75) is 51.1 Å². The highest BCUT2D eigenvalue weighted by atomic mass is 32.6. The van der Waals surface area contributed by atoms with Crippen LogP contribution in [-0.2, 0) is 0 Å². The normalized spacial score (nSPS) is 38.8. The van der Waals surface area contributed by atoms with Gasteiger partial charge in [-0.15, -0.1) is 17.9 Å². The minimum Gasteiger partial charge on any atom is -0.110 e. The molecule has 0 aliphatic heterocycles. The molecule has 2 fully saturated rings. The Labute approximate surface area is 95.8 Å². The Hall–Kier alpha value is 1.72. The molecule has 14 heavy (non-hydrogen) atoms. The van der Waals surface area contributed by atoms with E-state index in [4.69, 9.17) is 0 Å². The maximum atomic E-state index is 3.15. The quantitative estimate of drug-likeness (QED) is 0.617. The van der Waals surface area contributed by atoms with Crippen LogP contribution in [0.4, 0.5) is 0 Å². The van der Waals surface area contributed by atoms with Crippen molar-refractivity contribution in [3.63, 3.8) is 0 Å². The van der Waals surface area contributed by atoms with Crippen LogP contribution in [0.5, 0.6) is 0 Å². The first kappa shape index (κ1) is 12.2. The van der Waals surface area contributed by atoms with Crippen LogP contribution >= 0.6 is 33.1 Å². The van der Waals surface area contributed by atoms with Crippen molar-refractivity contribution < 1.29 is 0 Å². The molecule has 0 amide bonds. The lowest BCUT2D eigenvalue weighted by atomic mass is 9.84. The lowest BCUT2D eigenvalue weighted by Gasteiger charge is -2.24. The average Bonchev–Trinajstić information content (AvgIpc) is 2.74. The van der Waals surface area contributed by atoms with Crippen molar-refractivity contribution in [1.82, 2.24) is 0 Å². The van der Waals surface area contributed by atoms with Crippen LogP contribution in [0.2, 0.25) is 0 Å². The van der Waals surface area contributed by atoms with Gasteiger partial charge in [-0.05, 0) is 42.7 Å². The van der Waals surface area contributed by atoms with E-state index < -0.39 is 0 Å². The van der Waals surface area contributed by atoms with E-state index in [9.17, 15) is 0 Å². The summed E-state index contributed by atoms with van der Waals surface area (Å²) in [5.41, 5.74) is 1.87. The molecule has 2 aliphatic carbocycles. The van der Waals surface area contributed by atoms with Crippen molar-refractivity contribution >= 4 is 33.1 Å². The minimum atomic E-state index is 0.246. The zero-order chi connectivity index (χ0) is 10.2.